The molecule has 1 aliphatic rings. The zero-order valence-corrected chi connectivity index (χ0v) is 12.4. The molecule has 0 bridgehead atoms. The molecule has 2 rings (SSSR count). The molecule has 0 radical (unpaired) electrons. The molecule has 4 nitrogen and oxygen atoms in total. The van der Waals surface area contributed by atoms with E-state index >= 15 is 0 Å². The first-order valence-corrected chi connectivity index (χ1v) is 7.03. The van der Waals surface area contributed by atoms with E-state index < -0.39 is 5.60 Å². The Bertz CT molecular complexity index is 478. The predicted octanol–water partition coefficient (Wildman–Crippen LogP) is 1.60. The molecule has 1 fully saturated rings. The van der Waals surface area contributed by atoms with E-state index in [2.05, 4.69) is 4.90 Å². The van der Waals surface area contributed by atoms with Gasteiger partial charge in [0.15, 0.2) is 0 Å². The molecule has 20 heavy (non-hydrogen) atoms. The van der Waals surface area contributed by atoms with Crippen LogP contribution in [0.25, 0.3) is 0 Å². The Morgan fingerprint density at radius 1 is 1.35 bits per heavy atom. The number of carbonyl (C=O) groups is 1. The molecule has 1 aliphatic heterocycles. The second kappa shape index (κ2) is 5.94. The van der Waals surface area contributed by atoms with Gasteiger partial charge in [0, 0.05) is 19.6 Å². The van der Waals surface area contributed by atoms with Crippen molar-refractivity contribution in [2.75, 3.05) is 20.2 Å². The van der Waals surface area contributed by atoms with Crippen molar-refractivity contribution in [3.63, 3.8) is 0 Å². The van der Waals surface area contributed by atoms with E-state index in [1.165, 1.54) is 7.11 Å². The first-order valence-electron chi connectivity index (χ1n) is 7.03. The number of hydrogen-bond donors (Lipinski definition) is 1. The van der Waals surface area contributed by atoms with Crippen LogP contribution in [0.1, 0.15) is 25.0 Å². The van der Waals surface area contributed by atoms with Gasteiger partial charge in [-0.1, -0.05) is 38.1 Å². The lowest BCUT2D eigenvalue weighted by atomic mass is 9.82. The van der Waals surface area contributed by atoms with Gasteiger partial charge in [-0.3, -0.25) is 9.69 Å². The van der Waals surface area contributed by atoms with Crippen molar-refractivity contribution in [3.8, 4) is 0 Å². The summed E-state index contributed by atoms with van der Waals surface area (Å²) in [6, 6.07) is 7.90. The number of rotatable bonds is 5. The summed E-state index contributed by atoms with van der Waals surface area (Å²) in [5, 5.41) is 10.3. The number of likely N-dealkylation sites (tertiary alicyclic amines) is 1. The minimum absolute atomic E-state index is 0.222. The fourth-order valence-electron chi connectivity index (χ4n) is 2.56. The van der Waals surface area contributed by atoms with Gasteiger partial charge < -0.3 is 9.84 Å². The lowest BCUT2D eigenvalue weighted by Gasteiger charge is -2.49. The highest BCUT2D eigenvalue weighted by Gasteiger charge is 2.43. The van der Waals surface area contributed by atoms with E-state index in [4.69, 9.17) is 4.74 Å². The van der Waals surface area contributed by atoms with Crippen molar-refractivity contribution in [1.29, 1.82) is 0 Å². The van der Waals surface area contributed by atoms with E-state index in [0.29, 0.717) is 19.5 Å². The monoisotopic (exact) mass is 277 g/mol. The normalized spacial score (nSPS) is 17.9. The zero-order valence-electron chi connectivity index (χ0n) is 12.4. The maximum absolute atomic E-state index is 11.4. The lowest BCUT2D eigenvalue weighted by Crippen LogP contribution is -2.63. The molecule has 0 saturated carbocycles. The van der Waals surface area contributed by atoms with Crippen LogP contribution in [-0.2, 0) is 22.5 Å². The second-order valence-corrected chi connectivity index (χ2v) is 5.93. The van der Waals surface area contributed by atoms with Gasteiger partial charge in [-0.05, 0) is 17.0 Å². The molecule has 0 unspecified atom stereocenters. The third-order valence-corrected chi connectivity index (χ3v) is 4.14. The first-order chi connectivity index (χ1) is 9.44. The van der Waals surface area contributed by atoms with Gasteiger partial charge in [-0.15, -0.1) is 0 Å². The van der Waals surface area contributed by atoms with E-state index in [-0.39, 0.29) is 11.9 Å². The number of β-amino-alcohol motifs (C(OH)–C–C–N with tert-alkyl or cyclic N) is 1. The molecule has 1 heterocycles. The molecule has 1 aromatic rings. The van der Waals surface area contributed by atoms with Gasteiger partial charge in [-0.25, -0.2) is 0 Å². The van der Waals surface area contributed by atoms with Crippen molar-refractivity contribution in [2.24, 2.45) is 5.92 Å². The van der Waals surface area contributed by atoms with Crippen LogP contribution in [0.2, 0.25) is 0 Å². The maximum Gasteiger partial charge on any atom is 0.309 e. The van der Waals surface area contributed by atoms with Crippen LogP contribution in [0.3, 0.4) is 0 Å². The van der Waals surface area contributed by atoms with Crippen molar-refractivity contribution in [1.82, 2.24) is 4.90 Å². The molecule has 0 aromatic heterocycles. The molecule has 1 N–H and O–H groups in total. The van der Waals surface area contributed by atoms with Crippen molar-refractivity contribution in [2.45, 2.75) is 32.4 Å². The lowest BCUT2D eigenvalue weighted by molar-refractivity contribution is -0.140. The smallest absolute Gasteiger partial charge is 0.309 e. The Hall–Kier alpha value is -1.39. The van der Waals surface area contributed by atoms with Gasteiger partial charge >= 0.3 is 5.97 Å². The Morgan fingerprint density at radius 3 is 2.50 bits per heavy atom. The van der Waals surface area contributed by atoms with Crippen LogP contribution in [-0.4, -0.2) is 41.8 Å². The SMILES string of the molecule is COC(=O)Cc1ccccc1CN1CC(O)(C(C)C)C1. The highest BCUT2D eigenvalue weighted by Crippen LogP contribution is 2.30. The molecular formula is C16H23NO3. The van der Waals surface area contributed by atoms with Gasteiger partial charge in [0.2, 0.25) is 0 Å². The minimum Gasteiger partial charge on any atom is -0.469 e. The Kier molecular flexibility index (Phi) is 4.45. The molecule has 0 spiro atoms. The summed E-state index contributed by atoms with van der Waals surface area (Å²) in [4.78, 5) is 13.6. The van der Waals surface area contributed by atoms with Crippen LogP contribution >= 0.6 is 0 Å². The summed E-state index contributed by atoms with van der Waals surface area (Å²) >= 11 is 0. The summed E-state index contributed by atoms with van der Waals surface area (Å²) in [7, 11) is 1.41. The van der Waals surface area contributed by atoms with Gasteiger partial charge in [0.1, 0.15) is 0 Å². The van der Waals surface area contributed by atoms with Gasteiger partial charge in [0.05, 0.1) is 19.1 Å². The molecule has 110 valence electrons. The van der Waals surface area contributed by atoms with Crippen molar-refractivity contribution < 1.29 is 14.6 Å². The number of benzene rings is 1. The summed E-state index contributed by atoms with van der Waals surface area (Å²) < 4.78 is 4.73. The quantitative estimate of drug-likeness (QED) is 0.831. The molecule has 1 aromatic carbocycles. The van der Waals surface area contributed by atoms with Crippen molar-refractivity contribution in [3.05, 3.63) is 35.4 Å². The molecule has 4 heteroatoms. The summed E-state index contributed by atoms with van der Waals surface area (Å²) in [5.41, 5.74) is 1.57. The van der Waals surface area contributed by atoms with E-state index in [1.807, 2.05) is 38.1 Å². The van der Waals surface area contributed by atoms with Crippen LogP contribution < -0.4 is 0 Å². The first kappa shape index (κ1) is 15.0. The summed E-state index contributed by atoms with van der Waals surface area (Å²) in [6.07, 6.45) is 0.301. The predicted molar refractivity (Wildman–Crippen MR) is 77.2 cm³/mol. The molecule has 0 amide bonds. The third kappa shape index (κ3) is 3.19. The van der Waals surface area contributed by atoms with Crippen LogP contribution in [0.5, 0.6) is 0 Å². The fraction of sp³-hybridized carbons (Fsp3) is 0.562. The molecule has 0 atom stereocenters. The number of hydrogen-bond acceptors (Lipinski definition) is 4. The number of ether oxygens (including phenoxy) is 1. The molecule has 1 saturated heterocycles. The standard InChI is InChI=1S/C16H23NO3/c1-12(2)16(19)10-17(11-16)9-14-7-5-4-6-13(14)8-15(18)20-3/h4-7,12,19H,8-11H2,1-3H3. The highest BCUT2D eigenvalue weighted by atomic mass is 16.5. The second-order valence-electron chi connectivity index (χ2n) is 5.93. The molecule has 0 aliphatic carbocycles. The maximum atomic E-state index is 11.4. The van der Waals surface area contributed by atoms with Crippen LogP contribution in [0, 0.1) is 5.92 Å². The largest absolute Gasteiger partial charge is 0.469 e. The van der Waals surface area contributed by atoms with Gasteiger partial charge in [0.25, 0.3) is 0 Å². The van der Waals surface area contributed by atoms with Crippen LogP contribution in [0.15, 0.2) is 24.3 Å². The molecular weight excluding hydrogens is 254 g/mol. The van der Waals surface area contributed by atoms with Gasteiger partial charge in [-0.2, -0.15) is 0 Å². The number of esters is 1. The summed E-state index contributed by atoms with van der Waals surface area (Å²) in [5.74, 6) is 0.0452. The number of nitrogens with zero attached hydrogens (tertiary/aromatic N) is 1. The van der Waals surface area contributed by atoms with E-state index in [0.717, 1.165) is 17.7 Å². The average Bonchev–Trinajstić information content (AvgIpc) is 2.38. The fourth-order valence-corrected chi connectivity index (χ4v) is 2.56. The van der Waals surface area contributed by atoms with E-state index in [1.54, 1.807) is 0 Å². The number of carbonyl (C=O) groups excluding carboxylic acids is 1. The number of aliphatic hydroxyl groups is 1. The Labute approximate surface area is 120 Å². The van der Waals surface area contributed by atoms with E-state index in [9.17, 15) is 9.90 Å². The average molecular weight is 277 g/mol. The Morgan fingerprint density at radius 2 is 1.95 bits per heavy atom. The summed E-state index contributed by atoms with van der Waals surface area (Å²) in [6.45, 7) is 6.24. The zero-order chi connectivity index (χ0) is 14.8. The topological polar surface area (TPSA) is 49.8 Å². The highest BCUT2D eigenvalue weighted by molar-refractivity contribution is 5.72. The minimum atomic E-state index is -0.558. The number of methoxy groups -OCH3 is 1. The Balaban J connectivity index is 1.99. The van der Waals surface area contributed by atoms with Crippen molar-refractivity contribution >= 4 is 5.97 Å². The third-order valence-electron chi connectivity index (χ3n) is 4.14. The van der Waals surface area contributed by atoms with Crippen LogP contribution in [0.4, 0.5) is 0 Å².